The van der Waals surface area contributed by atoms with Crippen molar-refractivity contribution in [1.29, 1.82) is 0 Å². The number of aliphatic hydroxyl groups excluding tert-OH is 2. The minimum Gasteiger partial charge on any atom is -0.400 e. The van der Waals surface area contributed by atoms with Gasteiger partial charge in [-0.15, -0.1) is 19.4 Å². The largest absolute Gasteiger partial charge is 0.400 e. The first-order chi connectivity index (χ1) is 26.9. The molecule has 1 amide bonds. The summed E-state index contributed by atoms with van der Waals surface area (Å²) < 4.78 is 5.26. The number of hydrogen-bond donors (Lipinski definition) is 3. The van der Waals surface area contributed by atoms with Crippen LogP contribution in [0.3, 0.4) is 0 Å². The molecule has 1 fully saturated rings. The van der Waals surface area contributed by atoms with Crippen LogP contribution in [0.15, 0.2) is 37.0 Å². The molecular weight excluding hydrogens is 691 g/mol. The van der Waals surface area contributed by atoms with Gasteiger partial charge in [0, 0.05) is 27.7 Å². The van der Waals surface area contributed by atoms with Crippen molar-refractivity contribution < 1.29 is 19.7 Å². The summed E-state index contributed by atoms with van der Waals surface area (Å²) in [6, 6.07) is 0. The van der Waals surface area contributed by atoms with Gasteiger partial charge in [0.15, 0.2) is 0 Å². The van der Waals surface area contributed by atoms with E-state index in [1.54, 1.807) is 7.05 Å². The number of unbranched alkanes of at least 4 members (excludes halogenated alkanes) is 21. The first kappa shape index (κ1) is 63.3. The Morgan fingerprint density at radius 1 is 0.714 bits per heavy atom. The molecule has 0 spiro atoms. The van der Waals surface area contributed by atoms with Crippen molar-refractivity contribution in [2.24, 2.45) is 5.92 Å². The van der Waals surface area contributed by atoms with Crippen LogP contribution < -0.4 is 5.32 Å². The summed E-state index contributed by atoms with van der Waals surface area (Å²) in [6.07, 6.45) is 59.9. The Hall–Kier alpha value is -1.87. The number of aliphatic hydroxyl groups is 2. The lowest BCUT2D eigenvalue weighted by atomic mass is 9.89. The maximum Gasteiger partial charge on any atom is 0.219 e. The highest BCUT2D eigenvalue weighted by Gasteiger charge is 2.17. The van der Waals surface area contributed by atoms with Crippen molar-refractivity contribution >= 4 is 5.91 Å². The van der Waals surface area contributed by atoms with Crippen LogP contribution in [0.1, 0.15) is 234 Å². The lowest BCUT2D eigenvalue weighted by Gasteiger charge is -2.25. The van der Waals surface area contributed by atoms with Crippen molar-refractivity contribution in [2.75, 3.05) is 21.3 Å². The van der Waals surface area contributed by atoms with E-state index < -0.39 is 0 Å². The monoisotopic (exact) mass is 792 g/mol. The number of methoxy groups -OCH3 is 1. The number of carbonyl (C=O) groups excluding carboxylic acids is 1. The molecule has 0 saturated heterocycles. The molecule has 0 aromatic heterocycles. The van der Waals surface area contributed by atoms with E-state index in [0.29, 0.717) is 12.5 Å². The fraction of sp³-hybridized carbons (Fsp3) is 0.824. The molecule has 0 aromatic rings. The second kappa shape index (κ2) is 59.8. The van der Waals surface area contributed by atoms with Crippen LogP contribution in [-0.4, -0.2) is 49.6 Å². The van der Waals surface area contributed by atoms with E-state index in [2.05, 4.69) is 69.8 Å². The predicted octanol–water partition coefficient (Wildman–Crippen LogP) is 15.0. The predicted molar refractivity (Wildman–Crippen MR) is 252 cm³/mol. The van der Waals surface area contributed by atoms with Gasteiger partial charge in [0.25, 0.3) is 0 Å². The Morgan fingerprint density at radius 2 is 1.14 bits per heavy atom. The topological polar surface area (TPSA) is 78.8 Å². The van der Waals surface area contributed by atoms with Gasteiger partial charge in [0.05, 0.1) is 12.2 Å². The molecule has 1 rings (SSSR count). The number of ether oxygens (including phenoxy) is 1. The Kier molecular flexibility index (Phi) is 67.6. The van der Waals surface area contributed by atoms with Crippen LogP contribution >= 0.6 is 0 Å². The fourth-order valence-electron chi connectivity index (χ4n) is 6.69. The Morgan fingerprint density at radius 3 is 1.57 bits per heavy atom. The van der Waals surface area contributed by atoms with Crippen LogP contribution in [0.5, 0.6) is 0 Å². The Labute approximate surface area is 352 Å². The zero-order chi connectivity index (χ0) is 41.9. The number of nitrogens with one attached hydrogen (secondary N) is 1. The Bertz CT molecular complexity index is 792. The van der Waals surface area contributed by atoms with Crippen molar-refractivity contribution in [1.82, 2.24) is 5.32 Å². The molecule has 334 valence electrons. The average molecular weight is 792 g/mol. The number of rotatable bonds is 32. The van der Waals surface area contributed by atoms with E-state index in [1.165, 1.54) is 173 Å². The number of allylic oxidation sites excluding steroid dienone is 5. The van der Waals surface area contributed by atoms with E-state index in [0.717, 1.165) is 38.7 Å². The highest BCUT2D eigenvalue weighted by Crippen LogP contribution is 2.25. The van der Waals surface area contributed by atoms with Crippen LogP contribution in [0.2, 0.25) is 0 Å². The highest BCUT2D eigenvalue weighted by atomic mass is 16.5. The van der Waals surface area contributed by atoms with Gasteiger partial charge in [-0.1, -0.05) is 193 Å². The van der Waals surface area contributed by atoms with Crippen LogP contribution in [0.4, 0.5) is 0 Å². The molecule has 3 N–H and O–H groups in total. The molecule has 0 bridgehead atoms. The van der Waals surface area contributed by atoms with Crippen molar-refractivity contribution in [2.45, 2.75) is 246 Å². The number of carbonyl (C=O) groups is 1. The summed E-state index contributed by atoms with van der Waals surface area (Å²) in [5.41, 5.74) is 0. The summed E-state index contributed by atoms with van der Waals surface area (Å²) in [7, 11) is 4.53. The van der Waals surface area contributed by atoms with Crippen molar-refractivity contribution in [3.8, 4) is 12.8 Å². The number of hydrogen-bond acceptors (Lipinski definition) is 4. The van der Waals surface area contributed by atoms with E-state index in [1.807, 2.05) is 13.2 Å². The van der Waals surface area contributed by atoms with Gasteiger partial charge in [0.2, 0.25) is 5.91 Å². The lowest BCUT2D eigenvalue weighted by molar-refractivity contribution is -0.120. The van der Waals surface area contributed by atoms with Gasteiger partial charge < -0.3 is 20.3 Å². The maximum absolute atomic E-state index is 11.0. The normalized spacial score (nSPS) is 15.0. The lowest BCUT2D eigenvalue weighted by Crippen LogP contribution is -2.19. The molecule has 0 aliphatic heterocycles. The van der Waals surface area contributed by atoms with Gasteiger partial charge in [-0.25, -0.2) is 0 Å². The Balaban J connectivity index is -0.000000233. The summed E-state index contributed by atoms with van der Waals surface area (Å²) in [6.45, 7) is 10.5. The second-order valence-electron chi connectivity index (χ2n) is 15.4. The van der Waals surface area contributed by atoms with E-state index in [4.69, 9.17) is 9.84 Å². The van der Waals surface area contributed by atoms with E-state index in [-0.39, 0.29) is 19.4 Å². The molecule has 1 aliphatic rings. The van der Waals surface area contributed by atoms with Gasteiger partial charge in [-0.05, 0) is 70.1 Å². The molecule has 0 aromatic carbocycles. The van der Waals surface area contributed by atoms with E-state index in [9.17, 15) is 9.90 Å². The summed E-state index contributed by atoms with van der Waals surface area (Å²) in [5, 5.41) is 19.4. The molecule has 5 nitrogen and oxygen atoms in total. The maximum atomic E-state index is 11.0. The van der Waals surface area contributed by atoms with Crippen molar-refractivity contribution in [3.05, 3.63) is 37.0 Å². The summed E-state index contributed by atoms with van der Waals surface area (Å²) in [5.74, 6) is 1.06. The first-order valence-electron chi connectivity index (χ1n) is 23.1. The number of terminal acetylenes is 1. The molecule has 56 heavy (non-hydrogen) atoms. The third-order valence-corrected chi connectivity index (χ3v) is 10.2. The molecule has 1 saturated carbocycles. The average Bonchev–Trinajstić information content (AvgIpc) is 3.22. The SMILES string of the molecule is C.C#C.C=CCCC(O)CCCCCCCCCCCCCCC.CCCCC/C=C\C=C\CCCCCCCCC(=O)NC.CO.COC1CCCC(C)C1. The minimum atomic E-state index is -0.101. The second-order valence-corrected chi connectivity index (χ2v) is 15.4. The van der Waals surface area contributed by atoms with E-state index >= 15 is 0 Å². The molecule has 0 radical (unpaired) electrons. The summed E-state index contributed by atoms with van der Waals surface area (Å²) in [4.78, 5) is 11.0. The molecular formula is C51H101NO4. The third kappa shape index (κ3) is 58.8. The highest BCUT2D eigenvalue weighted by molar-refractivity contribution is 5.75. The third-order valence-electron chi connectivity index (χ3n) is 10.2. The summed E-state index contributed by atoms with van der Waals surface area (Å²) >= 11 is 0. The molecule has 0 heterocycles. The fourth-order valence-corrected chi connectivity index (χ4v) is 6.69. The van der Waals surface area contributed by atoms with Gasteiger partial charge >= 0.3 is 0 Å². The zero-order valence-electron chi connectivity index (χ0n) is 37.8. The standard InChI is InChI=1S/C20H40O.C19H35NO.C8H16O.C2H2.CH4O.CH4/c1-3-5-7-8-9-10-11-12-13-14-15-16-17-19-20(21)18-6-4-2;1-3-4-5-6-7-8-9-10-11-12-13-14-15-16-17-18-19(21)20-2;1-7-4-3-5-8(6-7)9-2;2*1-2;/h4,20-21H,2-3,5-19H2,1H3;7-10H,3-6,11-18H2,1-2H3,(H,20,21);7-8H,3-6H2,1-2H3;1-2H;2H,1H3;1H4/b;8-7-,10-9+;;;;. The van der Waals surface area contributed by atoms with Crippen LogP contribution in [0, 0.1) is 18.8 Å². The van der Waals surface area contributed by atoms with Gasteiger partial charge in [-0.3, -0.25) is 4.79 Å². The molecule has 3 unspecified atom stereocenters. The van der Waals surface area contributed by atoms with Crippen molar-refractivity contribution in [3.63, 3.8) is 0 Å². The smallest absolute Gasteiger partial charge is 0.219 e. The van der Waals surface area contributed by atoms with Gasteiger partial charge in [0.1, 0.15) is 0 Å². The molecule has 5 heteroatoms. The molecule has 1 aliphatic carbocycles. The van der Waals surface area contributed by atoms with Gasteiger partial charge in [-0.2, -0.15) is 0 Å². The zero-order valence-corrected chi connectivity index (χ0v) is 37.8. The molecule has 3 atom stereocenters. The minimum absolute atomic E-state index is 0. The quantitative estimate of drug-likeness (QED) is 0.0274. The number of amides is 1. The van der Waals surface area contributed by atoms with Crippen LogP contribution in [0.25, 0.3) is 0 Å². The van der Waals surface area contributed by atoms with Crippen LogP contribution in [-0.2, 0) is 9.53 Å². The first-order valence-corrected chi connectivity index (χ1v) is 23.1.